The molecule has 0 spiro atoms. The first-order valence-corrected chi connectivity index (χ1v) is 9.63. The number of nitro groups is 1. The number of nitrogens with zero attached hydrogens (tertiary/aromatic N) is 2. The molecule has 0 bridgehead atoms. The minimum Gasteiger partial charge on any atom is -0.259 e. The van der Waals surface area contributed by atoms with Gasteiger partial charge < -0.3 is 0 Å². The summed E-state index contributed by atoms with van der Waals surface area (Å²) in [6, 6.07) is 18.3. The molecular weight excluding hydrogens is 344 g/mol. The fourth-order valence-electron chi connectivity index (χ4n) is 3.39. The molecule has 26 heavy (non-hydrogen) atoms. The van der Waals surface area contributed by atoms with Gasteiger partial charge in [0.15, 0.2) is 0 Å². The van der Waals surface area contributed by atoms with Crippen LogP contribution >= 0.6 is 11.8 Å². The van der Waals surface area contributed by atoms with Crippen molar-refractivity contribution in [2.24, 2.45) is 10.9 Å². The van der Waals surface area contributed by atoms with Crippen LogP contribution in [0.25, 0.3) is 0 Å². The fraction of sp³-hybridized carbons (Fsp3) is 0.286. The van der Waals surface area contributed by atoms with E-state index in [1.165, 1.54) is 5.56 Å². The maximum Gasteiger partial charge on any atom is 0.275 e. The van der Waals surface area contributed by atoms with E-state index in [0.717, 1.165) is 21.9 Å². The highest BCUT2D eigenvalue weighted by atomic mass is 32.2. The van der Waals surface area contributed by atoms with Crippen LogP contribution < -0.4 is 0 Å². The van der Waals surface area contributed by atoms with Crippen molar-refractivity contribution in [1.29, 1.82) is 0 Å². The van der Waals surface area contributed by atoms with Crippen molar-refractivity contribution < 1.29 is 4.92 Å². The Bertz CT molecular complexity index is 875. The van der Waals surface area contributed by atoms with Crippen molar-refractivity contribution in [3.8, 4) is 0 Å². The molecule has 2 atom stereocenters. The summed E-state index contributed by atoms with van der Waals surface area (Å²) in [6.45, 7) is 5.72. The monoisotopic (exact) mass is 366 g/mol. The first-order chi connectivity index (χ1) is 12.5. The average Bonchev–Trinajstić information content (AvgIpc) is 2.63. The van der Waals surface area contributed by atoms with E-state index in [4.69, 9.17) is 0 Å². The number of rotatable bonds is 5. The van der Waals surface area contributed by atoms with Crippen LogP contribution in [0, 0.1) is 16.0 Å². The summed E-state index contributed by atoms with van der Waals surface area (Å²) in [5.74, 6) is 0.558. The number of aliphatic imine (C=N–C) groups is 1. The predicted octanol–water partition coefficient (Wildman–Crippen LogP) is 5.68. The highest BCUT2D eigenvalue weighted by Gasteiger charge is 2.39. The van der Waals surface area contributed by atoms with Gasteiger partial charge in [-0.05, 0) is 31.0 Å². The van der Waals surface area contributed by atoms with E-state index in [-0.39, 0.29) is 22.5 Å². The topological polar surface area (TPSA) is 55.5 Å². The number of benzene rings is 2. The van der Waals surface area contributed by atoms with Crippen molar-refractivity contribution in [3.63, 3.8) is 0 Å². The molecule has 0 saturated carbocycles. The fourth-order valence-corrected chi connectivity index (χ4v) is 4.44. The van der Waals surface area contributed by atoms with Crippen LogP contribution in [-0.4, -0.2) is 10.6 Å². The normalized spacial score (nSPS) is 20.0. The van der Waals surface area contributed by atoms with E-state index in [2.05, 4.69) is 23.2 Å². The molecule has 4 nitrogen and oxygen atoms in total. The van der Waals surface area contributed by atoms with Gasteiger partial charge in [0.1, 0.15) is 5.70 Å². The Kier molecular flexibility index (Phi) is 5.57. The van der Waals surface area contributed by atoms with Crippen molar-refractivity contribution in [1.82, 2.24) is 0 Å². The molecule has 1 heterocycles. The molecular formula is C21H22N2O2S. The first kappa shape index (κ1) is 18.4. The highest BCUT2D eigenvalue weighted by molar-refractivity contribution is 7.98. The lowest BCUT2D eigenvalue weighted by Crippen LogP contribution is -2.27. The molecule has 0 aromatic heterocycles. The van der Waals surface area contributed by atoms with Gasteiger partial charge in [-0.2, -0.15) is 0 Å². The minimum atomic E-state index is -0.276. The molecule has 0 aliphatic carbocycles. The third kappa shape index (κ3) is 3.73. The van der Waals surface area contributed by atoms with Crippen molar-refractivity contribution >= 4 is 17.5 Å². The summed E-state index contributed by atoms with van der Waals surface area (Å²) >= 11 is 1.73. The van der Waals surface area contributed by atoms with Crippen molar-refractivity contribution in [2.75, 3.05) is 0 Å². The molecule has 0 saturated heterocycles. The van der Waals surface area contributed by atoms with Gasteiger partial charge >= 0.3 is 0 Å². The molecule has 0 amide bonds. The predicted molar refractivity (Wildman–Crippen MR) is 107 cm³/mol. The summed E-state index contributed by atoms with van der Waals surface area (Å²) in [5.41, 5.74) is 3.93. The zero-order valence-electron chi connectivity index (χ0n) is 15.2. The standard InChI is InChI=1S/C21H22N2O2S/c1-14-15(2)22-16(3)21(23(24)25)20(14)18-11-7-8-12-19(18)26-13-17-9-5-4-6-10-17/h4-12,14,20H,13H2,1-3H3. The molecule has 2 aromatic rings. The summed E-state index contributed by atoms with van der Waals surface area (Å²) in [7, 11) is 0. The Morgan fingerprint density at radius 3 is 2.42 bits per heavy atom. The first-order valence-electron chi connectivity index (χ1n) is 8.65. The zero-order chi connectivity index (χ0) is 18.7. The van der Waals surface area contributed by atoms with Gasteiger partial charge in [0.2, 0.25) is 0 Å². The van der Waals surface area contributed by atoms with E-state index >= 15 is 0 Å². The van der Waals surface area contributed by atoms with Gasteiger partial charge in [-0.1, -0.05) is 55.5 Å². The van der Waals surface area contributed by atoms with Gasteiger partial charge in [-0.3, -0.25) is 15.1 Å². The molecule has 0 N–H and O–H groups in total. The summed E-state index contributed by atoms with van der Waals surface area (Å²) < 4.78 is 0. The Morgan fingerprint density at radius 2 is 1.73 bits per heavy atom. The Labute approximate surface area is 158 Å². The van der Waals surface area contributed by atoms with Gasteiger partial charge in [0, 0.05) is 22.3 Å². The van der Waals surface area contributed by atoms with Crippen LogP contribution in [0.2, 0.25) is 0 Å². The third-order valence-electron chi connectivity index (χ3n) is 4.86. The van der Waals surface area contributed by atoms with Gasteiger partial charge in [0.25, 0.3) is 5.70 Å². The smallest absolute Gasteiger partial charge is 0.259 e. The quantitative estimate of drug-likeness (QED) is 0.388. The van der Waals surface area contributed by atoms with E-state index in [1.807, 2.05) is 50.2 Å². The number of hydrogen-bond acceptors (Lipinski definition) is 4. The lowest BCUT2D eigenvalue weighted by Gasteiger charge is -2.28. The van der Waals surface area contributed by atoms with E-state index in [9.17, 15) is 10.1 Å². The molecule has 1 aliphatic rings. The van der Waals surface area contributed by atoms with Crippen LogP contribution in [0.4, 0.5) is 0 Å². The van der Waals surface area contributed by atoms with Crippen LogP contribution in [0.15, 0.2) is 75.9 Å². The van der Waals surface area contributed by atoms with E-state index in [0.29, 0.717) is 5.70 Å². The summed E-state index contributed by atoms with van der Waals surface area (Å²) in [4.78, 5) is 17.0. The Hall–Kier alpha value is -2.40. The number of hydrogen-bond donors (Lipinski definition) is 0. The molecule has 2 unspecified atom stereocenters. The molecule has 2 aromatic carbocycles. The second kappa shape index (κ2) is 7.87. The second-order valence-corrected chi connectivity index (χ2v) is 7.58. The molecule has 1 aliphatic heterocycles. The third-order valence-corrected chi connectivity index (χ3v) is 6.02. The Morgan fingerprint density at radius 1 is 1.08 bits per heavy atom. The number of allylic oxidation sites excluding steroid dienone is 2. The van der Waals surface area contributed by atoms with Crippen LogP contribution in [0.3, 0.4) is 0 Å². The summed E-state index contributed by atoms with van der Waals surface area (Å²) in [6.07, 6.45) is 0. The van der Waals surface area contributed by atoms with Crippen LogP contribution in [-0.2, 0) is 5.75 Å². The lowest BCUT2D eigenvalue weighted by molar-refractivity contribution is -0.432. The highest BCUT2D eigenvalue weighted by Crippen LogP contribution is 2.42. The van der Waals surface area contributed by atoms with Crippen molar-refractivity contribution in [3.05, 3.63) is 87.2 Å². The summed E-state index contributed by atoms with van der Waals surface area (Å²) in [5, 5.41) is 11.8. The molecule has 134 valence electrons. The second-order valence-electron chi connectivity index (χ2n) is 6.56. The van der Waals surface area contributed by atoms with Gasteiger partial charge in [-0.25, -0.2) is 0 Å². The lowest BCUT2D eigenvalue weighted by atomic mass is 9.80. The Balaban J connectivity index is 1.98. The largest absolute Gasteiger partial charge is 0.275 e. The van der Waals surface area contributed by atoms with Crippen LogP contribution in [0.5, 0.6) is 0 Å². The molecule has 0 radical (unpaired) electrons. The molecule has 5 heteroatoms. The SMILES string of the molecule is CC1=NC(C)=C([N+](=O)[O-])C(c2ccccc2SCc2ccccc2)C1C. The zero-order valence-corrected chi connectivity index (χ0v) is 16.0. The van der Waals surface area contributed by atoms with E-state index in [1.54, 1.807) is 18.7 Å². The van der Waals surface area contributed by atoms with Crippen LogP contribution in [0.1, 0.15) is 37.8 Å². The number of thioether (sulfide) groups is 1. The maximum absolute atomic E-state index is 11.8. The van der Waals surface area contributed by atoms with Crippen molar-refractivity contribution in [2.45, 2.75) is 37.3 Å². The average molecular weight is 366 g/mol. The molecule has 0 fully saturated rings. The van der Waals surface area contributed by atoms with E-state index < -0.39 is 0 Å². The van der Waals surface area contributed by atoms with Gasteiger partial charge in [0.05, 0.1) is 10.8 Å². The maximum atomic E-state index is 11.8. The molecule has 3 rings (SSSR count). The van der Waals surface area contributed by atoms with Gasteiger partial charge in [-0.15, -0.1) is 11.8 Å². The minimum absolute atomic E-state index is 0.00225.